The first-order chi connectivity index (χ1) is 11.5. The van der Waals surface area contributed by atoms with E-state index in [-0.39, 0.29) is 0 Å². The highest BCUT2D eigenvalue weighted by molar-refractivity contribution is 7.80. The van der Waals surface area contributed by atoms with E-state index in [1.807, 2.05) is 37.5 Å². The van der Waals surface area contributed by atoms with Crippen molar-refractivity contribution in [3.63, 3.8) is 0 Å². The summed E-state index contributed by atoms with van der Waals surface area (Å²) in [6.45, 7) is 7.12. The Balaban J connectivity index is 1.83. The molecular weight excluding hydrogens is 338 g/mol. The van der Waals surface area contributed by atoms with Crippen LogP contribution in [-0.4, -0.2) is 31.4 Å². The Morgan fingerprint density at radius 3 is 2.92 bits per heavy atom. The van der Waals surface area contributed by atoms with Gasteiger partial charge in [-0.05, 0) is 43.3 Å². The number of nitrogens with zero attached hydrogens (tertiary/aromatic N) is 4. The fraction of sp³-hybridized carbons (Fsp3) is 0.294. The maximum Gasteiger partial charge on any atom is 0.193 e. The summed E-state index contributed by atoms with van der Waals surface area (Å²) in [5, 5.41) is 9.38. The zero-order valence-corrected chi connectivity index (χ0v) is 15.5. The van der Waals surface area contributed by atoms with Crippen LogP contribution < -0.4 is 5.32 Å². The number of rotatable bonds is 4. The summed E-state index contributed by atoms with van der Waals surface area (Å²) in [5.41, 5.74) is 2.87. The minimum atomic E-state index is 0.531. The van der Waals surface area contributed by atoms with Crippen LogP contribution in [-0.2, 0) is 0 Å². The van der Waals surface area contributed by atoms with Gasteiger partial charge in [-0.3, -0.25) is 4.98 Å². The van der Waals surface area contributed by atoms with Crippen molar-refractivity contribution in [3.05, 3.63) is 42.5 Å². The van der Waals surface area contributed by atoms with Crippen LogP contribution in [0.15, 0.2) is 36.8 Å². The number of thiazole rings is 1. The summed E-state index contributed by atoms with van der Waals surface area (Å²) in [6.07, 6.45) is 5.47. The third-order valence-electron chi connectivity index (χ3n) is 3.40. The highest BCUT2D eigenvalue weighted by atomic mass is 32.1. The van der Waals surface area contributed by atoms with E-state index in [4.69, 9.17) is 12.2 Å². The number of aromatic nitrogens is 4. The molecule has 0 spiro atoms. The molecule has 0 amide bonds. The molecule has 3 aromatic rings. The second-order valence-corrected chi connectivity index (χ2v) is 7.29. The third-order valence-corrected chi connectivity index (χ3v) is 4.96. The number of hydrogen-bond donors (Lipinski definition) is 1. The molecule has 0 aliphatic rings. The van der Waals surface area contributed by atoms with Crippen LogP contribution >= 0.6 is 23.6 Å². The number of pyridine rings is 1. The summed E-state index contributed by atoms with van der Waals surface area (Å²) >= 11 is 7.00. The first-order valence-electron chi connectivity index (χ1n) is 7.76. The predicted octanol–water partition coefficient (Wildman–Crippen LogP) is 3.76. The molecule has 5 nitrogen and oxygen atoms in total. The van der Waals surface area contributed by atoms with Gasteiger partial charge >= 0.3 is 0 Å². The summed E-state index contributed by atoms with van der Waals surface area (Å²) in [5.74, 6) is 0.531. The van der Waals surface area contributed by atoms with E-state index in [1.165, 1.54) is 0 Å². The Bertz CT molecular complexity index is 836. The normalized spacial score (nSPS) is 11.0. The highest BCUT2D eigenvalue weighted by Gasteiger charge is 2.14. The van der Waals surface area contributed by atoms with E-state index in [0.29, 0.717) is 11.0 Å². The van der Waals surface area contributed by atoms with Crippen molar-refractivity contribution in [3.8, 4) is 21.1 Å². The van der Waals surface area contributed by atoms with E-state index in [0.717, 1.165) is 33.4 Å². The number of aryl methyl sites for hydroxylation is 1. The molecule has 0 aliphatic carbocycles. The van der Waals surface area contributed by atoms with E-state index in [1.54, 1.807) is 22.2 Å². The van der Waals surface area contributed by atoms with Crippen molar-refractivity contribution in [2.24, 2.45) is 5.92 Å². The van der Waals surface area contributed by atoms with Gasteiger partial charge in [0.25, 0.3) is 0 Å². The van der Waals surface area contributed by atoms with E-state index < -0.39 is 0 Å². The van der Waals surface area contributed by atoms with Crippen molar-refractivity contribution in [1.29, 1.82) is 0 Å². The van der Waals surface area contributed by atoms with Gasteiger partial charge in [-0.25, -0.2) is 9.67 Å². The van der Waals surface area contributed by atoms with E-state index in [2.05, 4.69) is 34.2 Å². The van der Waals surface area contributed by atoms with Crippen LogP contribution in [0.1, 0.15) is 19.5 Å². The molecule has 124 valence electrons. The Labute approximate surface area is 150 Å². The topological polar surface area (TPSA) is 55.6 Å². The summed E-state index contributed by atoms with van der Waals surface area (Å²) < 4.78 is 1.70. The Kier molecular flexibility index (Phi) is 5.01. The maximum atomic E-state index is 5.39. The molecule has 0 aliphatic heterocycles. The minimum Gasteiger partial charge on any atom is -0.361 e. The molecule has 0 atom stereocenters. The average Bonchev–Trinajstić information content (AvgIpc) is 3.20. The van der Waals surface area contributed by atoms with Crippen LogP contribution in [0.5, 0.6) is 0 Å². The molecule has 0 saturated carbocycles. The smallest absolute Gasteiger partial charge is 0.193 e. The van der Waals surface area contributed by atoms with Crippen molar-refractivity contribution in [1.82, 2.24) is 25.1 Å². The van der Waals surface area contributed by atoms with Gasteiger partial charge in [0, 0.05) is 30.7 Å². The molecule has 7 heteroatoms. The first-order valence-corrected chi connectivity index (χ1v) is 8.99. The number of hydrogen-bond acceptors (Lipinski definition) is 5. The van der Waals surface area contributed by atoms with Crippen LogP contribution in [0.2, 0.25) is 0 Å². The molecule has 0 unspecified atom stereocenters. The molecule has 0 radical (unpaired) electrons. The molecule has 3 aromatic heterocycles. The van der Waals surface area contributed by atoms with Crippen molar-refractivity contribution >= 4 is 28.7 Å². The standard InChI is InChI=1S/C17H19N5S2/c1-11(2)9-19-17(23)22-8-6-14(21-22)15-12(3)20-16(24-15)13-5-4-7-18-10-13/h4-8,10-11H,9H2,1-3H3,(H,19,23). The zero-order chi connectivity index (χ0) is 17.1. The van der Waals surface area contributed by atoms with Gasteiger partial charge in [-0.1, -0.05) is 13.8 Å². The van der Waals surface area contributed by atoms with Crippen LogP contribution in [0.4, 0.5) is 0 Å². The van der Waals surface area contributed by atoms with E-state index in [9.17, 15) is 0 Å². The van der Waals surface area contributed by atoms with Gasteiger partial charge in [-0.15, -0.1) is 11.3 Å². The zero-order valence-electron chi connectivity index (χ0n) is 13.9. The number of nitrogens with one attached hydrogen (secondary N) is 1. The molecule has 0 saturated heterocycles. The third kappa shape index (κ3) is 3.68. The first kappa shape index (κ1) is 16.7. The minimum absolute atomic E-state index is 0.531. The van der Waals surface area contributed by atoms with Crippen LogP contribution in [0.3, 0.4) is 0 Å². The largest absolute Gasteiger partial charge is 0.361 e. The van der Waals surface area contributed by atoms with Crippen molar-refractivity contribution in [2.45, 2.75) is 20.8 Å². The summed E-state index contributed by atoms with van der Waals surface area (Å²) in [7, 11) is 0. The van der Waals surface area contributed by atoms with Gasteiger partial charge in [0.1, 0.15) is 10.7 Å². The lowest BCUT2D eigenvalue weighted by molar-refractivity contribution is 0.619. The molecule has 3 rings (SSSR count). The Morgan fingerprint density at radius 1 is 1.38 bits per heavy atom. The van der Waals surface area contributed by atoms with Crippen molar-refractivity contribution in [2.75, 3.05) is 6.54 Å². The summed E-state index contributed by atoms with van der Waals surface area (Å²) in [6, 6.07) is 5.90. The average molecular weight is 358 g/mol. The molecule has 0 fully saturated rings. The fourth-order valence-corrected chi connectivity index (χ4v) is 3.38. The second kappa shape index (κ2) is 7.19. The SMILES string of the molecule is Cc1nc(-c2cccnc2)sc1-c1ccn(C(=S)NCC(C)C)n1. The molecule has 24 heavy (non-hydrogen) atoms. The van der Waals surface area contributed by atoms with Gasteiger partial charge < -0.3 is 5.32 Å². The predicted molar refractivity (Wildman–Crippen MR) is 102 cm³/mol. The lowest BCUT2D eigenvalue weighted by Gasteiger charge is -2.09. The second-order valence-electron chi connectivity index (χ2n) is 5.90. The van der Waals surface area contributed by atoms with Gasteiger partial charge in [-0.2, -0.15) is 5.10 Å². The molecule has 0 aromatic carbocycles. The molecule has 0 bridgehead atoms. The van der Waals surface area contributed by atoms with Gasteiger partial charge in [0.05, 0.1) is 10.6 Å². The van der Waals surface area contributed by atoms with Crippen LogP contribution in [0, 0.1) is 12.8 Å². The Morgan fingerprint density at radius 2 is 2.21 bits per heavy atom. The molecule has 3 heterocycles. The lowest BCUT2D eigenvalue weighted by atomic mass is 10.2. The van der Waals surface area contributed by atoms with Crippen LogP contribution in [0.25, 0.3) is 21.1 Å². The maximum absolute atomic E-state index is 5.39. The van der Waals surface area contributed by atoms with Gasteiger partial charge in [0.2, 0.25) is 0 Å². The lowest BCUT2D eigenvalue weighted by Crippen LogP contribution is -2.31. The van der Waals surface area contributed by atoms with Crippen molar-refractivity contribution < 1.29 is 0 Å². The molecular formula is C17H19N5S2. The fourth-order valence-electron chi connectivity index (χ4n) is 2.18. The monoisotopic (exact) mass is 357 g/mol. The number of thiocarbonyl (C=S) groups is 1. The van der Waals surface area contributed by atoms with Gasteiger partial charge in [0.15, 0.2) is 5.11 Å². The molecule has 1 N–H and O–H groups in total. The Hall–Kier alpha value is -2.12. The van der Waals surface area contributed by atoms with E-state index >= 15 is 0 Å². The quantitative estimate of drug-likeness (QED) is 0.721. The summed E-state index contributed by atoms with van der Waals surface area (Å²) in [4.78, 5) is 9.86. The highest BCUT2D eigenvalue weighted by Crippen LogP contribution is 2.33.